The Hall–Kier alpha value is -3.01. The molecule has 0 spiro atoms. The van der Waals surface area contributed by atoms with Crippen LogP contribution in [0.5, 0.6) is 0 Å². The fourth-order valence-electron chi connectivity index (χ4n) is 2.62. The van der Waals surface area contributed by atoms with Crippen LogP contribution >= 0.6 is 0 Å². The van der Waals surface area contributed by atoms with E-state index in [0.29, 0.717) is 5.56 Å². The lowest BCUT2D eigenvalue weighted by Crippen LogP contribution is -2.20. The Kier molecular flexibility index (Phi) is 3.89. The van der Waals surface area contributed by atoms with Gasteiger partial charge in [0.15, 0.2) is 11.6 Å². The van der Waals surface area contributed by atoms with Crippen LogP contribution in [-0.4, -0.2) is 22.6 Å². The van der Waals surface area contributed by atoms with E-state index in [1.54, 1.807) is 18.2 Å². The van der Waals surface area contributed by atoms with Gasteiger partial charge in [-0.25, -0.2) is 4.79 Å². The zero-order valence-electron chi connectivity index (χ0n) is 12.3. The van der Waals surface area contributed by atoms with E-state index in [4.69, 9.17) is 5.11 Å². The first-order valence-corrected chi connectivity index (χ1v) is 7.23. The van der Waals surface area contributed by atoms with Crippen molar-refractivity contribution in [3.63, 3.8) is 0 Å². The number of allylic oxidation sites excluding steroid dienone is 1. The Labute approximate surface area is 133 Å². The zero-order chi connectivity index (χ0) is 16.4. The summed E-state index contributed by atoms with van der Waals surface area (Å²) in [5.41, 5.74) is 2.90. The Morgan fingerprint density at radius 3 is 2.39 bits per heavy atom. The average molecular weight is 306 g/mol. The molecule has 1 N–H and O–H groups in total. The van der Waals surface area contributed by atoms with Gasteiger partial charge in [0.25, 0.3) is 0 Å². The Bertz CT molecular complexity index is 829. The van der Waals surface area contributed by atoms with Crippen LogP contribution in [-0.2, 0) is 22.4 Å². The number of aromatic carboxylic acids is 1. The van der Waals surface area contributed by atoms with Crippen LogP contribution in [0.25, 0.3) is 6.08 Å². The van der Waals surface area contributed by atoms with Gasteiger partial charge in [-0.1, -0.05) is 36.4 Å². The zero-order valence-corrected chi connectivity index (χ0v) is 12.3. The maximum absolute atomic E-state index is 12.4. The molecule has 0 atom stereocenters. The quantitative estimate of drug-likeness (QED) is 0.882. The van der Waals surface area contributed by atoms with Crippen molar-refractivity contribution in [2.45, 2.75) is 12.8 Å². The number of fused-ring (bicyclic) bond motifs is 1. The van der Waals surface area contributed by atoms with Crippen LogP contribution in [0, 0.1) is 0 Å². The molecule has 4 heteroatoms. The molecule has 0 unspecified atom stereocenters. The topological polar surface area (TPSA) is 71.4 Å². The SMILES string of the molecule is O=C(Cc1ccc(C(=O)O)cc1)C1=Cc2ccccc2CC1=O. The van der Waals surface area contributed by atoms with Crippen molar-refractivity contribution in [3.8, 4) is 0 Å². The van der Waals surface area contributed by atoms with E-state index < -0.39 is 5.97 Å². The molecule has 3 rings (SSSR count). The molecule has 0 amide bonds. The molecule has 0 radical (unpaired) electrons. The second-order valence-corrected chi connectivity index (χ2v) is 5.46. The maximum Gasteiger partial charge on any atom is 0.335 e. The van der Waals surface area contributed by atoms with Crippen molar-refractivity contribution in [1.29, 1.82) is 0 Å². The van der Waals surface area contributed by atoms with E-state index in [1.165, 1.54) is 12.1 Å². The predicted octanol–water partition coefficient (Wildman–Crippen LogP) is 2.71. The van der Waals surface area contributed by atoms with Crippen molar-refractivity contribution < 1.29 is 19.5 Å². The van der Waals surface area contributed by atoms with E-state index in [9.17, 15) is 14.4 Å². The number of rotatable bonds is 4. The first-order valence-electron chi connectivity index (χ1n) is 7.23. The van der Waals surface area contributed by atoms with Crippen LogP contribution in [0.4, 0.5) is 0 Å². The summed E-state index contributed by atoms with van der Waals surface area (Å²) in [6, 6.07) is 13.6. The highest BCUT2D eigenvalue weighted by atomic mass is 16.4. The smallest absolute Gasteiger partial charge is 0.335 e. The Balaban J connectivity index is 1.82. The fraction of sp³-hybridized carbons (Fsp3) is 0.105. The second kappa shape index (κ2) is 6.01. The standard InChI is InChI=1S/C19H14O4/c20-17(9-12-5-7-13(8-6-12)19(22)23)16-10-14-3-1-2-4-15(14)11-18(16)21/h1-8,10H,9,11H2,(H,22,23). The molecule has 0 heterocycles. The molecular weight excluding hydrogens is 292 g/mol. The second-order valence-electron chi connectivity index (χ2n) is 5.46. The number of hydrogen-bond acceptors (Lipinski definition) is 3. The molecule has 0 saturated heterocycles. The summed E-state index contributed by atoms with van der Waals surface area (Å²) in [6.45, 7) is 0. The van der Waals surface area contributed by atoms with Crippen molar-refractivity contribution in [2.24, 2.45) is 0 Å². The van der Waals surface area contributed by atoms with E-state index in [-0.39, 0.29) is 35.5 Å². The molecule has 1 aliphatic carbocycles. The Morgan fingerprint density at radius 2 is 1.70 bits per heavy atom. The molecule has 2 aromatic carbocycles. The average Bonchev–Trinajstić information content (AvgIpc) is 2.54. The van der Waals surface area contributed by atoms with E-state index in [0.717, 1.165) is 11.1 Å². The van der Waals surface area contributed by atoms with Crippen LogP contribution < -0.4 is 0 Å². The van der Waals surface area contributed by atoms with Crippen molar-refractivity contribution in [1.82, 2.24) is 0 Å². The summed E-state index contributed by atoms with van der Waals surface area (Å²) < 4.78 is 0. The minimum Gasteiger partial charge on any atom is -0.478 e. The molecule has 114 valence electrons. The van der Waals surface area contributed by atoms with E-state index >= 15 is 0 Å². The number of carbonyl (C=O) groups is 3. The number of carbonyl (C=O) groups excluding carboxylic acids is 2. The van der Waals surface area contributed by atoms with Gasteiger partial charge in [-0.2, -0.15) is 0 Å². The number of carboxylic acids is 1. The van der Waals surface area contributed by atoms with Gasteiger partial charge in [0.2, 0.25) is 0 Å². The first-order chi connectivity index (χ1) is 11.0. The maximum atomic E-state index is 12.4. The van der Waals surface area contributed by atoms with Gasteiger partial charge in [0, 0.05) is 12.8 Å². The van der Waals surface area contributed by atoms with Gasteiger partial charge < -0.3 is 5.11 Å². The van der Waals surface area contributed by atoms with E-state index in [1.807, 2.05) is 24.3 Å². The molecule has 0 fully saturated rings. The van der Waals surface area contributed by atoms with Crippen molar-refractivity contribution in [2.75, 3.05) is 0 Å². The molecule has 0 aromatic heterocycles. The summed E-state index contributed by atoms with van der Waals surface area (Å²) in [4.78, 5) is 35.4. The van der Waals surface area contributed by atoms with Crippen molar-refractivity contribution in [3.05, 3.63) is 76.4 Å². The lowest BCUT2D eigenvalue weighted by molar-refractivity contribution is -0.120. The number of hydrogen-bond donors (Lipinski definition) is 1. The Morgan fingerprint density at radius 1 is 1.00 bits per heavy atom. The van der Waals surface area contributed by atoms with Gasteiger partial charge in [0.05, 0.1) is 11.1 Å². The summed E-state index contributed by atoms with van der Waals surface area (Å²) in [7, 11) is 0. The molecule has 0 bridgehead atoms. The van der Waals surface area contributed by atoms with Gasteiger partial charge in [-0.15, -0.1) is 0 Å². The summed E-state index contributed by atoms with van der Waals surface area (Å²) in [5, 5.41) is 8.87. The highest BCUT2D eigenvalue weighted by Crippen LogP contribution is 2.23. The fourth-order valence-corrected chi connectivity index (χ4v) is 2.62. The summed E-state index contributed by atoms with van der Waals surface area (Å²) >= 11 is 0. The highest BCUT2D eigenvalue weighted by molar-refractivity contribution is 6.25. The molecule has 2 aromatic rings. The molecule has 0 saturated carbocycles. The first kappa shape index (κ1) is 14.9. The number of carboxylic acid groups (broad SMARTS) is 1. The third-order valence-electron chi connectivity index (χ3n) is 3.87. The number of Topliss-reactive ketones (excluding diaryl/α,β-unsaturated/α-hetero) is 2. The molecule has 4 nitrogen and oxygen atoms in total. The minimum atomic E-state index is -1.01. The third-order valence-corrected chi connectivity index (χ3v) is 3.87. The van der Waals surface area contributed by atoms with Crippen LogP contribution in [0.15, 0.2) is 54.1 Å². The summed E-state index contributed by atoms with van der Waals surface area (Å²) in [6.07, 6.45) is 1.97. The lowest BCUT2D eigenvalue weighted by atomic mass is 9.87. The number of benzene rings is 2. The molecular formula is C19H14O4. The van der Waals surface area contributed by atoms with E-state index in [2.05, 4.69) is 0 Å². The van der Waals surface area contributed by atoms with Gasteiger partial charge in [-0.3, -0.25) is 9.59 Å². The minimum absolute atomic E-state index is 0.0830. The summed E-state index contributed by atoms with van der Waals surface area (Å²) in [5.74, 6) is -1.42. The van der Waals surface area contributed by atoms with Gasteiger partial charge in [-0.05, 0) is 34.9 Å². The van der Waals surface area contributed by atoms with Crippen LogP contribution in [0.2, 0.25) is 0 Å². The molecule has 23 heavy (non-hydrogen) atoms. The monoisotopic (exact) mass is 306 g/mol. The third kappa shape index (κ3) is 3.11. The largest absolute Gasteiger partial charge is 0.478 e. The molecule has 0 aliphatic heterocycles. The van der Waals surface area contributed by atoms with Crippen LogP contribution in [0.3, 0.4) is 0 Å². The normalized spacial score (nSPS) is 13.2. The molecule has 1 aliphatic rings. The lowest BCUT2D eigenvalue weighted by Gasteiger charge is -2.14. The van der Waals surface area contributed by atoms with Crippen molar-refractivity contribution >= 4 is 23.6 Å². The predicted molar refractivity (Wildman–Crippen MR) is 85.2 cm³/mol. The number of ketones is 2. The van der Waals surface area contributed by atoms with Crippen LogP contribution in [0.1, 0.15) is 27.0 Å². The van der Waals surface area contributed by atoms with Gasteiger partial charge >= 0.3 is 5.97 Å². The van der Waals surface area contributed by atoms with Gasteiger partial charge in [0.1, 0.15) is 0 Å². The highest BCUT2D eigenvalue weighted by Gasteiger charge is 2.23.